The summed E-state index contributed by atoms with van der Waals surface area (Å²) in [5, 5.41) is 0. The second kappa shape index (κ2) is 8.11. The molecule has 0 bridgehead atoms. The van der Waals surface area contributed by atoms with Crippen LogP contribution in [-0.4, -0.2) is 12.2 Å². The van der Waals surface area contributed by atoms with Gasteiger partial charge in [0.05, 0.1) is 25.4 Å². The van der Waals surface area contributed by atoms with Crippen molar-refractivity contribution in [2.24, 2.45) is 0 Å². The minimum atomic E-state index is 0.220. The average Bonchev–Trinajstić information content (AvgIpc) is 2.61. The van der Waals surface area contributed by atoms with Crippen molar-refractivity contribution in [1.82, 2.24) is 0 Å². The second-order valence-corrected chi connectivity index (χ2v) is 5.95. The molecule has 2 aromatic carbocycles. The Morgan fingerprint density at radius 2 is 1.05 bits per heavy atom. The standard InChI is InChI=1S/C20H24O2/c1-3-9-17(10-4-1)15-21-19-13-7-8-14-20(19)22-16-18-11-5-2-6-12-18/h1-6,9-12,19-20H,7-8,13-16H2. The summed E-state index contributed by atoms with van der Waals surface area (Å²) in [4.78, 5) is 0. The van der Waals surface area contributed by atoms with Crippen molar-refractivity contribution in [2.75, 3.05) is 0 Å². The highest BCUT2D eigenvalue weighted by atomic mass is 16.5. The lowest BCUT2D eigenvalue weighted by Gasteiger charge is -2.31. The van der Waals surface area contributed by atoms with E-state index in [2.05, 4.69) is 48.5 Å². The number of rotatable bonds is 6. The molecule has 1 aliphatic rings. The molecule has 2 unspecified atom stereocenters. The maximum Gasteiger partial charge on any atom is 0.0841 e. The Morgan fingerprint density at radius 3 is 1.45 bits per heavy atom. The van der Waals surface area contributed by atoms with Gasteiger partial charge < -0.3 is 9.47 Å². The van der Waals surface area contributed by atoms with Gasteiger partial charge in [0.2, 0.25) is 0 Å². The van der Waals surface area contributed by atoms with E-state index in [-0.39, 0.29) is 12.2 Å². The van der Waals surface area contributed by atoms with Crippen molar-refractivity contribution < 1.29 is 9.47 Å². The van der Waals surface area contributed by atoms with Crippen LogP contribution in [-0.2, 0) is 22.7 Å². The van der Waals surface area contributed by atoms with E-state index in [1.165, 1.54) is 24.0 Å². The van der Waals surface area contributed by atoms with Crippen LogP contribution in [0.25, 0.3) is 0 Å². The lowest BCUT2D eigenvalue weighted by molar-refractivity contribution is -0.103. The van der Waals surface area contributed by atoms with Gasteiger partial charge in [0.25, 0.3) is 0 Å². The van der Waals surface area contributed by atoms with Crippen LogP contribution in [0.5, 0.6) is 0 Å². The van der Waals surface area contributed by atoms with E-state index in [4.69, 9.17) is 9.47 Å². The summed E-state index contributed by atoms with van der Waals surface area (Å²) in [5.41, 5.74) is 2.46. The van der Waals surface area contributed by atoms with Crippen molar-refractivity contribution in [3.63, 3.8) is 0 Å². The third kappa shape index (κ3) is 4.43. The molecular formula is C20H24O2. The largest absolute Gasteiger partial charge is 0.371 e. The summed E-state index contributed by atoms with van der Waals surface area (Å²) in [6.45, 7) is 1.35. The van der Waals surface area contributed by atoms with Crippen molar-refractivity contribution in [2.45, 2.75) is 51.1 Å². The van der Waals surface area contributed by atoms with E-state index in [1.54, 1.807) is 0 Å². The van der Waals surface area contributed by atoms with Gasteiger partial charge in [0.1, 0.15) is 0 Å². The number of ether oxygens (including phenoxy) is 2. The summed E-state index contributed by atoms with van der Waals surface area (Å²) < 4.78 is 12.3. The quantitative estimate of drug-likeness (QED) is 0.767. The Morgan fingerprint density at radius 1 is 0.636 bits per heavy atom. The Labute approximate surface area is 133 Å². The zero-order chi connectivity index (χ0) is 15.0. The molecule has 2 aromatic rings. The van der Waals surface area contributed by atoms with Gasteiger partial charge in [0.15, 0.2) is 0 Å². The minimum absolute atomic E-state index is 0.220. The summed E-state index contributed by atoms with van der Waals surface area (Å²) in [6, 6.07) is 20.8. The maximum atomic E-state index is 6.15. The minimum Gasteiger partial charge on any atom is -0.371 e. The second-order valence-electron chi connectivity index (χ2n) is 5.95. The van der Waals surface area contributed by atoms with Crippen LogP contribution in [0, 0.1) is 0 Å². The normalized spacial score (nSPS) is 21.6. The van der Waals surface area contributed by atoms with Crippen molar-refractivity contribution in [3.8, 4) is 0 Å². The first kappa shape index (κ1) is 15.3. The van der Waals surface area contributed by atoms with Crippen LogP contribution >= 0.6 is 0 Å². The molecule has 0 saturated heterocycles. The molecule has 1 fully saturated rings. The Balaban J connectivity index is 1.52. The van der Waals surface area contributed by atoms with Crippen molar-refractivity contribution in [3.05, 3.63) is 71.8 Å². The van der Waals surface area contributed by atoms with Gasteiger partial charge in [-0.05, 0) is 24.0 Å². The molecule has 2 nitrogen and oxygen atoms in total. The van der Waals surface area contributed by atoms with Gasteiger partial charge in [-0.2, -0.15) is 0 Å². The molecule has 0 aromatic heterocycles. The van der Waals surface area contributed by atoms with Gasteiger partial charge >= 0.3 is 0 Å². The molecule has 22 heavy (non-hydrogen) atoms. The van der Waals surface area contributed by atoms with E-state index in [0.29, 0.717) is 13.2 Å². The predicted octanol–water partition coefficient (Wildman–Crippen LogP) is 4.73. The number of benzene rings is 2. The third-order valence-corrected chi connectivity index (χ3v) is 4.26. The van der Waals surface area contributed by atoms with Crippen LogP contribution in [0.1, 0.15) is 36.8 Å². The van der Waals surface area contributed by atoms with E-state index >= 15 is 0 Å². The molecule has 0 aliphatic heterocycles. The first-order valence-corrected chi connectivity index (χ1v) is 8.23. The van der Waals surface area contributed by atoms with E-state index in [1.807, 2.05) is 12.1 Å². The molecule has 116 valence electrons. The Hall–Kier alpha value is -1.64. The zero-order valence-electron chi connectivity index (χ0n) is 13.0. The maximum absolute atomic E-state index is 6.15. The average molecular weight is 296 g/mol. The number of hydrogen-bond donors (Lipinski definition) is 0. The van der Waals surface area contributed by atoms with E-state index < -0.39 is 0 Å². The molecule has 2 heteroatoms. The molecule has 1 saturated carbocycles. The Kier molecular flexibility index (Phi) is 5.63. The van der Waals surface area contributed by atoms with Gasteiger partial charge in [0, 0.05) is 0 Å². The fourth-order valence-corrected chi connectivity index (χ4v) is 3.00. The molecule has 0 spiro atoms. The molecule has 1 aliphatic carbocycles. The summed E-state index contributed by atoms with van der Waals surface area (Å²) in [6.07, 6.45) is 5.13. The molecule has 3 rings (SSSR count). The lowest BCUT2D eigenvalue weighted by atomic mass is 9.94. The third-order valence-electron chi connectivity index (χ3n) is 4.26. The molecule has 2 atom stereocenters. The van der Waals surface area contributed by atoms with Gasteiger partial charge in [-0.1, -0.05) is 73.5 Å². The fourth-order valence-electron chi connectivity index (χ4n) is 3.00. The SMILES string of the molecule is c1ccc(COC2CCCCC2OCc2ccccc2)cc1. The lowest BCUT2D eigenvalue weighted by Crippen LogP contribution is -2.34. The van der Waals surface area contributed by atoms with E-state index in [9.17, 15) is 0 Å². The van der Waals surface area contributed by atoms with Crippen LogP contribution in [0.15, 0.2) is 60.7 Å². The summed E-state index contributed by atoms with van der Waals surface area (Å²) in [7, 11) is 0. The first-order valence-electron chi connectivity index (χ1n) is 8.23. The molecule has 0 heterocycles. The van der Waals surface area contributed by atoms with Crippen molar-refractivity contribution >= 4 is 0 Å². The Bertz CT molecular complexity index is 487. The van der Waals surface area contributed by atoms with Gasteiger partial charge in [-0.15, -0.1) is 0 Å². The van der Waals surface area contributed by atoms with Crippen molar-refractivity contribution in [1.29, 1.82) is 0 Å². The number of hydrogen-bond acceptors (Lipinski definition) is 2. The highest BCUT2D eigenvalue weighted by Gasteiger charge is 2.26. The molecule has 0 amide bonds. The molecule has 0 N–H and O–H groups in total. The van der Waals surface area contributed by atoms with Crippen LogP contribution in [0.3, 0.4) is 0 Å². The molecule has 0 radical (unpaired) electrons. The summed E-state index contributed by atoms with van der Waals surface area (Å²) in [5.74, 6) is 0. The van der Waals surface area contributed by atoms with Gasteiger partial charge in [-0.25, -0.2) is 0 Å². The monoisotopic (exact) mass is 296 g/mol. The highest BCUT2D eigenvalue weighted by molar-refractivity contribution is 5.14. The zero-order valence-corrected chi connectivity index (χ0v) is 13.0. The highest BCUT2D eigenvalue weighted by Crippen LogP contribution is 2.25. The summed E-state index contributed by atoms with van der Waals surface area (Å²) >= 11 is 0. The topological polar surface area (TPSA) is 18.5 Å². The van der Waals surface area contributed by atoms with Gasteiger partial charge in [-0.3, -0.25) is 0 Å². The fraction of sp³-hybridized carbons (Fsp3) is 0.400. The van der Waals surface area contributed by atoms with Crippen LogP contribution in [0.2, 0.25) is 0 Å². The van der Waals surface area contributed by atoms with Crippen LogP contribution in [0.4, 0.5) is 0 Å². The van der Waals surface area contributed by atoms with E-state index in [0.717, 1.165) is 12.8 Å². The smallest absolute Gasteiger partial charge is 0.0841 e. The first-order chi connectivity index (χ1) is 10.9. The molecular weight excluding hydrogens is 272 g/mol. The van der Waals surface area contributed by atoms with Crippen LogP contribution < -0.4 is 0 Å². The predicted molar refractivity (Wildman–Crippen MR) is 88.5 cm³/mol.